The smallest absolute Gasteiger partial charge is 0.247 e. The van der Waals surface area contributed by atoms with Crippen LogP contribution in [0.15, 0.2) is 22.6 Å². The fourth-order valence-corrected chi connectivity index (χ4v) is 1.51. The third-order valence-electron chi connectivity index (χ3n) is 2.53. The van der Waals surface area contributed by atoms with Gasteiger partial charge in [0, 0.05) is 11.6 Å². The van der Waals surface area contributed by atoms with Gasteiger partial charge in [-0.05, 0) is 30.7 Å². The quantitative estimate of drug-likeness (QED) is 0.905. The van der Waals surface area contributed by atoms with Crippen LogP contribution < -0.4 is 5.32 Å². The fraction of sp³-hybridized carbons (Fsp3) is 0.385. The highest BCUT2D eigenvalue weighted by atomic mass is 19.1. The van der Waals surface area contributed by atoms with Crippen LogP contribution in [0.5, 0.6) is 0 Å². The fourth-order valence-electron chi connectivity index (χ4n) is 1.51. The highest BCUT2D eigenvalue weighted by molar-refractivity contribution is 5.53. The van der Waals surface area contributed by atoms with E-state index >= 15 is 0 Å². The molecule has 0 radical (unpaired) electrons. The Morgan fingerprint density at radius 2 is 2.11 bits per heavy atom. The van der Waals surface area contributed by atoms with Crippen LogP contribution in [0.2, 0.25) is 0 Å². The van der Waals surface area contributed by atoms with E-state index < -0.39 is 0 Å². The lowest BCUT2D eigenvalue weighted by Gasteiger charge is -2.03. The van der Waals surface area contributed by atoms with E-state index in [0.717, 1.165) is 5.56 Å². The maximum absolute atomic E-state index is 13.2. The lowest BCUT2D eigenvalue weighted by Crippen LogP contribution is -2.21. The standard InChI is InChI=1S/C13H16FN3O/c1-8(2)15-7-12-16-17-13(18-12)10-4-5-11(14)9(3)6-10/h4-6,8,15H,7H2,1-3H3. The van der Waals surface area contributed by atoms with E-state index in [4.69, 9.17) is 4.42 Å². The molecule has 0 atom stereocenters. The molecule has 1 heterocycles. The molecule has 0 bridgehead atoms. The number of nitrogens with one attached hydrogen (secondary N) is 1. The van der Waals surface area contributed by atoms with Crippen molar-refractivity contribution in [1.82, 2.24) is 15.5 Å². The first-order valence-corrected chi connectivity index (χ1v) is 5.88. The van der Waals surface area contributed by atoms with E-state index in [2.05, 4.69) is 15.5 Å². The van der Waals surface area contributed by atoms with Gasteiger partial charge >= 0.3 is 0 Å². The summed E-state index contributed by atoms with van der Waals surface area (Å²) in [5, 5.41) is 11.1. The number of benzene rings is 1. The first-order chi connectivity index (χ1) is 8.56. The molecule has 1 N–H and O–H groups in total. The maximum Gasteiger partial charge on any atom is 0.247 e. The summed E-state index contributed by atoms with van der Waals surface area (Å²) in [6, 6.07) is 5.09. The largest absolute Gasteiger partial charge is 0.419 e. The van der Waals surface area contributed by atoms with E-state index in [9.17, 15) is 4.39 Å². The molecule has 0 aliphatic carbocycles. The predicted octanol–water partition coefficient (Wildman–Crippen LogP) is 2.68. The van der Waals surface area contributed by atoms with Crippen LogP contribution >= 0.6 is 0 Å². The normalized spacial score (nSPS) is 11.2. The van der Waals surface area contributed by atoms with Crippen molar-refractivity contribution < 1.29 is 8.81 Å². The molecule has 2 rings (SSSR count). The Labute approximate surface area is 105 Å². The van der Waals surface area contributed by atoms with Crippen molar-refractivity contribution in [3.63, 3.8) is 0 Å². The highest BCUT2D eigenvalue weighted by Crippen LogP contribution is 2.20. The van der Waals surface area contributed by atoms with Crippen molar-refractivity contribution in [3.8, 4) is 11.5 Å². The zero-order valence-electron chi connectivity index (χ0n) is 10.7. The summed E-state index contributed by atoms with van der Waals surface area (Å²) < 4.78 is 18.7. The molecular weight excluding hydrogens is 233 g/mol. The number of aromatic nitrogens is 2. The Hall–Kier alpha value is -1.75. The Balaban J connectivity index is 2.16. The molecule has 0 amide bonds. The second-order valence-electron chi connectivity index (χ2n) is 4.50. The summed E-state index contributed by atoms with van der Waals surface area (Å²) in [5.41, 5.74) is 1.30. The van der Waals surface area contributed by atoms with Gasteiger partial charge in [-0.1, -0.05) is 13.8 Å². The number of halogens is 1. The number of hydrogen-bond donors (Lipinski definition) is 1. The first kappa shape index (κ1) is 12.7. The third-order valence-corrected chi connectivity index (χ3v) is 2.53. The topological polar surface area (TPSA) is 51.0 Å². The van der Waals surface area contributed by atoms with Gasteiger partial charge < -0.3 is 9.73 Å². The van der Waals surface area contributed by atoms with Crippen LogP contribution in [-0.2, 0) is 6.54 Å². The molecule has 1 aromatic carbocycles. The van der Waals surface area contributed by atoms with Crippen LogP contribution in [0, 0.1) is 12.7 Å². The molecule has 0 unspecified atom stereocenters. The van der Waals surface area contributed by atoms with Crippen LogP contribution in [0.1, 0.15) is 25.3 Å². The molecule has 0 aliphatic heterocycles. The summed E-state index contributed by atoms with van der Waals surface area (Å²) in [6.45, 7) is 6.32. The second kappa shape index (κ2) is 5.27. The summed E-state index contributed by atoms with van der Waals surface area (Å²) in [6.07, 6.45) is 0. The maximum atomic E-state index is 13.2. The molecule has 0 saturated carbocycles. The van der Waals surface area contributed by atoms with E-state index in [0.29, 0.717) is 29.9 Å². The molecule has 0 fully saturated rings. The Kier molecular flexibility index (Phi) is 3.72. The van der Waals surface area contributed by atoms with Crippen LogP contribution in [-0.4, -0.2) is 16.2 Å². The van der Waals surface area contributed by atoms with Gasteiger partial charge in [-0.3, -0.25) is 0 Å². The molecule has 96 valence electrons. The number of nitrogens with zero attached hydrogens (tertiary/aromatic N) is 2. The Morgan fingerprint density at radius 1 is 1.33 bits per heavy atom. The van der Waals surface area contributed by atoms with Gasteiger partial charge in [0.15, 0.2) is 0 Å². The molecule has 0 aliphatic rings. The van der Waals surface area contributed by atoms with Crippen LogP contribution in [0.25, 0.3) is 11.5 Å². The highest BCUT2D eigenvalue weighted by Gasteiger charge is 2.10. The first-order valence-electron chi connectivity index (χ1n) is 5.88. The van der Waals surface area contributed by atoms with Crippen LogP contribution in [0.4, 0.5) is 4.39 Å². The van der Waals surface area contributed by atoms with E-state index in [1.807, 2.05) is 13.8 Å². The average molecular weight is 249 g/mol. The van der Waals surface area contributed by atoms with Gasteiger partial charge in [0.1, 0.15) is 5.82 Å². The molecule has 0 spiro atoms. The van der Waals surface area contributed by atoms with Crippen molar-refractivity contribution >= 4 is 0 Å². The van der Waals surface area contributed by atoms with Gasteiger partial charge in [0.25, 0.3) is 0 Å². The van der Waals surface area contributed by atoms with Crippen molar-refractivity contribution in [2.75, 3.05) is 0 Å². The van der Waals surface area contributed by atoms with Crippen molar-refractivity contribution in [3.05, 3.63) is 35.5 Å². The molecule has 0 saturated heterocycles. The van der Waals surface area contributed by atoms with Crippen molar-refractivity contribution in [2.24, 2.45) is 0 Å². The van der Waals surface area contributed by atoms with Gasteiger partial charge in [0.05, 0.1) is 6.54 Å². The summed E-state index contributed by atoms with van der Waals surface area (Å²) in [5.74, 6) is 0.708. The number of rotatable bonds is 4. The van der Waals surface area contributed by atoms with E-state index in [1.165, 1.54) is 6.07 Å². The second-order valence-corrected chi connectivity index (χ2v) is 4.50. The van der Waals surface area contributed by atoms with E-state index in [-0.39, 0.29) is 5.82 Å². The van der Waals surface area contributed by atoms with Crippen molar-refractivity contribution in [1.29, 1.82) is 0 Å². The summed E-state index contributed by atoms with van der Waals surface area (Å²) in [7, 11) is 0. The van der Waals surface area contributed by atoms with Crippen LogP contribution in [0.3, 0.4) is 0 Å². The van der Waals surface area contributed by atoms with Gasteiger partial charge in [0.2, 0.25) is 11.8 Å². The molecule has 4 nitrogen and oxygen atoms in total. The Morgan fingerprint density at radius 3 is 2.78 bits per heavy atom. The van der Waals surface area contributed by atoms with Gasteiger partial charge in [-0.2, -0.15) is 0 Å². The minimum Gasteiger partial charge on any atom is -0.419 e. The minimum absolute atomic E-state index is 0.236. The number of aryl methyl sites for hydroxylation is 1. The molecule has 1 aromatic heterocycles. The summed E-state index contributed by atoms with van der Waals surface area (Å²) in [4.78, 5) is 0. The van der Waals surface area contributed by atoms with Gasteiger partial charge in [-0.15, -0.1) is 10.2 Å². The third kappa shape index (κ3) is 2.92. The molecule has 2 aromatic rings. The van der Waals surface area contributed by atoms with Gasteiger partial charge in [-0.25, -0.2) is 4.39 Å². The number of hydrogen-bond acceptors (Lipinski definition) is 4. The van der Waals surface area contributed by atoms with Crippen molar-refractivity contribution in [2.45, 2.75) is 33.4 Å². The SMILES string of the molecule is Cc1cc(-c2nnc(CNC(C)C)o2)ccc1F. The molecule has 5 heteroatoms. The zero-order valence-corrected chi connectivity index (χ0v) is 10.7. The minimum atomic E-state index is -0.236. The zero-order chi connectivity index (χ0) is 13.1. The van der Waals surface area contributed by atoms with E-state index in [1.54, 1.807) is 19.1 Å². The monoisotopic (exact) mass is 249 g/mol. The molecule has 18 heavy (non-hydrogen) atoms. The lowest BCUT2D eigenvalue weighted by molar-refractivity contribution is 0.458. The summed E-state index contributed by atoms with van der Waals surface area (Å²) >= 11 is 0. The Bertz CT molecular complexity index is 537. The lowest BCUT2D eigenvalue weighted by atomic mass is 10.1. The molecular formula is C13H16FN3O. The average Bonchev–Trinajstić information content (AvgIpc) is 2.79. The predicted molar refractivity (Wildman–Crippen MR) is 66.4 cm³/mol.